The minimum atomic E-state index is -1.76. The van der Waals surface area contributed by atoms with Gasteiger partial charge < -0.3 is 10.2 Å². The van der Waals surface area contributed by atoms with Crippen molar-refractivity contribution in [2.24, 2.45) is 28.6 Å². The molecule has 0 bridgehead atoms. The van der Waals surface area contributed by atoms with E-state index < -0.39 is 35.0 Å². The summed E-state index contributed by atoms with van der Waals surface area (Å²) in [6, 6.07) is 0. The Balaban J connectivity index is 1.79. The van der Waals surface area contributed by atoms with E-state index in [2.05, 4.69) is 0 Å². The lowest BCUT2D eigenvalue weighted by atomic mass is 9.46. The summed E-state index contributed by atoms with van der Waals surface area (Å²) >= 11 is 6.79. The monoisotopic (exact) mass is 396 g/mol. The lowest BCUT2D eigenvalue weighted by Gasteiger charge is -2.60. The number of fused-ring (bicyclic) bond motifs is 5. The number of carbonyl (C=O) groups is 2. The Kier molecular flexibility index (Phi) is 4.27. The van der Waals surface area contributed by atoms with Gasteiger partial charge in [-0.25, -0.2) is 4.39 Å². The van der Waals surface area contributed by atoms with E-state index in [1.54, 1.807) is 19.1 Å². The Morgan fingerprint density at radius 2 is 2.11 bits per heavy atom. The Morgan fingerprint density at radius 1 is 1.41 bits per heavy atom. The van der Waals surface area contributed by atoms with Crippen LogP contribution in [0.1, 0.15) is 39.5 Å². The van der Waals surface area contributed by atoms with Gasteiger partial charge >= 0.3 is 0 Å². The zero-order valence-electron chi connectivity index (χ0n) is 15.6. The van der Waals surface area contributed by atoms with Gasteiger partial charge in [0.25, 0.3) is 0 Å². The summed E-state index contributed by atoms with van der Waals surface area (Å²) in [5.74, 6) is -1.27. The average molecular weight is 397 g/mol. The van der Waals surface area contributed by atoms with E-state index in [4.69, 9.17) is 11.6 Å². The first-order chi connectivity index (χ1) is 12.6. The molecule has 148 valence electrons. The van der Waals surface area contributed by atoms with Crippen molar-refractivity contribution in [3.63, 3.8) is 0 Å². The maximum atomic E-state index is 13.2. The normalized spacial score (nSPS) is 51.3. The number of hydrogen-bond donors (Lipinski definition) is 2. The highest BCUT2D eigenvalue weighted by Crippen LogP contribution is 2.67. The molecule has 0 radical (unpaired) electrons. The third kappa shape index (κ3) is 2.34. The number of hydrogen-bond acceptors (Lipinski definition) is 4. The molecule has 0 aromatic heterocycles. The van der Waals surface area contributed by atoms with Crippen LogP contribution in [0.15, 0.2) is 23.8 Å². The SMILES string of the molecule is C[C@]12C=CC(=O)C=C1C[C@@H](Cl)[C@@H]1[C@@H]2[C@@H](O)C[C@@]2(C)[C@H]1CC[C@]2(O)C(=O)CF. The Morgan fingerprint density at radius 3 is 2.78 bits per heavy atom. The summed E-state index contributed by atoms with van der Waals surface area (Å²) < 4.78 is 13.2. The molecule has 0 saturated heterocycles. The molecule has 0 heterocycles. The molecule has 4 nitrogen and oxygen atoms in total. The van der Waals surface area contributed by atoms with Gasteiger partial charge in [-0.3, -0.25) is 9.59 Å². The van der Waals surface area contributed by atoms with Crippen LogP contribution in [0.3, 0.4) is 0 Å². The number of aliphatic hydroxyl groups excluding tert-OH is 1. The van der Waals surface area contributed by atoms with Crippen molar-refractivity contribution >= 4 is 23.2 Å². The molecule has 4 aliphatic rings. The van der Waals surface area contributed by atoms with E-state index >= 15 is 0 Å². The lowest BCUT2D eigenvalue weighted by molar-refractivity contribution is -0.176. The predicted molar refractivity (Wildman–Crippen MR) is 99.0 cm³/mol. The van der Waals surface area contributed by atoms with Crippen LogP contribution < -0.4 is 0 Å². The summed E-state index contributed by atoms with van der Waals surface area (Å²) in [4.78, 5) is 24.1. The van der Waals surface area contributed by atoms with Gasteiger partial charge in [0.2, 0.25) is 0 Å². The summed E-state index contributed by atoms with van der Waals surface area (Å²) in [6.07, 6.45) is 5.78. The molecule has 3 fully saturated rings. The quantitative estimate of drug-likeness (QED) is 0.704. The number of alkyl halides is 2. The first kappa shape index (κ1) is 19.3. The summed E-state index contributed by atoms with van der Waals surface area (Å²) in [5, 5.41) is 22.0. The molecule has 8 atom stereocenters. The number of aliphatic hydroxyl groups is 2. The van der Waals surface area contributed by atoms with Crippen molar-refractivity contribution in [3.8, 4) is 0 Å². The van der Waals surface area contributed by atoms with Crippen LogP contribution in [-0.2, 0) is 9.59 Å². The first-order valence-corrected chi connectivity index (χ1v) is 10.1. The van der Waals surface area contributed by atoms with Crippen molar-refractivity contribution < 1.29 is 24.2 Å². The molecule has 0 amide bonds. The fourth-order valence-electron chi connectivity index (χ4n) is 6.81. The van der Waals surface area contributed by atoms with E-state index in [-0.39, 0.29) is 41.8 Å². The van der Waals surface area contributed by atoms with E-state index in [0.717, 1.165) is 5.57 Å². The summed E-state index contributed by atoms with van der Waals surface area (Å²) in [5.41, 5.74) is -2.21. The Hall–Kier alpha value is -1.04. The van der Waals surface area contributed by atoms with E-state index in [9.17, 15) is 24.2 Å². The third-order valence-electron chi connectivity index (χ3n) is 8.22. The molecule has 0 aromatic rings. The number of allylic oxidation sites excluding steroid dienone is 4. The van der Waals surface area contributed by atoms with Crippen LogP contribution in [-0.4, -0.2) is 45.5 Å². The van der Waals surface area contributed by atoms with Crippen molar-refractivity contribution in [2.75, 3.05) is 6.67 Å². The second kappa shape index (κ2) is 5.98. The predicted octanol–water partition coefficient (Wildman–Crippen LogP) is 2.75. The van der Waals surface area contributed by atoms with Crippen LogP contribution in [0.5, 0.6) is 0 Å². The Labute approximate surface area is 163 Å². The van der Waals surface area contributed by atoms with Gasteiger partial charge in [-0.1, -0.05) is 25.5 Å². The molecule has 3 saturated carbocycles. The number of carbonyl (C=O) groups excluding carboxylic acids is 2. The number of Topliss-reactive ketones (excluding diaryl/α,β-unsaturated/α-hetero) is 1. The fourth-order valence-corrected chi connectivity index (χ4v) is 7.31. The summed E-state index contributed by atoms with van der Waals surface area (Å²) in [7, 11) is 0. The van der Waals surface area contributed by atoms with Crippen LogP contribution in [0.4, 0.5) is 4.39 Å². The molecule has 0 aromatic carbocycles. The molecule has 4 aliphatic carbocycles. The van der Waals surface area contributed by atoms with Crippen molar-refractivity contribution in [1.29, 1.82) is 0 Å². The molecule has 0 aliphatic heterocycles. The fraction of sp³-hybridized carbons (Fsp3) is 0.714. The van der Waals surface area contributed by atoms with Gasteiger partial charge in [0.15, 0.2) is 18.2 Å². The van der Waals surface area contributed by atoms with Crippen LogP contribution in [0, 0.1) is 28.6 Å². The number of ketones is 2. The summed E-state index contributed by atoms with van der Waals surface area (Å²) in [6.45, 7) is 2.62. The zero-order valence-corrected chi connectivity index (χ0v) is 16.4. The van der Waals surface area contributed by atoms with Gasteiger partial charge in [-0.15, -0.1) is 11.6 Å². The van der Waals surface area contributed by atoms with Crippen molar-refractivity contribution in [3.05, 3.63) is 23.8 Å². The number of rotatable bonds is 2. The van der Waals surface area contributed by atoms with Gasteiger partial charge in [-0.05, 0) is 49.7 Å². The highest BCUT2D eigenvalue weighted by atomic mass is 35.5. The first-order valence-electron chi connectivity index (χ1n) is 9.66. The highest BCUT2D eigenvalue weighted by Gasteiger charge is 2.69. The smallest absolute Gasteiger partial charge is 0.195 e. The molecular weight excluding hydrogens is 371 g/mol. The van der Waals surface area contributed by atoms with Crippen molar-refractivity contribution in [2.45, 2.75) is 56.6 Å². The van der Waals surface area contributed by atoms with Crippen LogP contribution >= 0.6 is 11.6 Å². The maximum absolute atomic E-state index is 13.2. The van der Waals surface area contributed by atoms with E-state index in [0.29, 0.717) is 12.8 Å². The van der Waals surface area contributed by atoms with Crippen molar-refractivity contribution in [1.82, 2.24) is 0 Å². The molecule has 6 heteroatoms. The minimum Gasteiger partial charge on any atom is -0.393 e. The topological polar surface area (TPSA) is 74.6 Å². The van der Waals surface area contributed by atoms with Crippen LogP contribution in [0.2, 0.25) is 0 Å². The van der Waals surface area contributed by atoms with E-state index in [1.165, 1.54) is 0 Å². The highest BCUT2D eigenvalue weighted by molar-refractivity contribution is 6.21. The molecule has 27 heavy (non-hydrogen) atoms. The second-order valence-corrected chi connectivity index (χ2v) is 9.82. The number of halogens is 2. The van der Waals surface area contributed by atoms with E-state index in [1.807, 2.05) is 13.0 Å². The molecule has 4 rings (SSSR count). The standard InChI is InChI=1S/C21H26ClFO4/c1-19-5-3-12(24)7-11(19)8-14(22)17-13-4-6-21(27,16(26)10-23)20(13,2)9-15(25)18(17)19/h3,5,7,13-15,17-18,25,27H,4,6,8-10H2,1-2H3/t13-,14+,15-,17+,18-,19-,20-,21-/m0/s1. The second-order valence-electron chi connectivity index (χ2n) is 9.26. The van der Waals surface area contributed by atoms with Gasteiger partial charge in [0.1, 0.15) is 5.60 Å². The Bertz CT molecular complexity index is 763. The third-order valence-corrected chi connectivity index (χ3v) is 8.66. The molecule has 0 unspecified atom stereocenters. The van der Waals surface area contributed by atoms with Gasteiger partial charge in [0.05, 0.1) is 6.10 Å². The maximum Gasteiger partial charge on any atom is 0.195 e. The average Bonchev–Trinajstić information content (AvgIpc) is 2.87. The lowest BCUT2D eigenvalue weighted by Crippen LogP contribution is -2.63. The molecule has 0 spiro atoms. The zero-order chi connectivity index (χ0) is 19.8. The molecular formula is C21H26ClFO4. The molecule has 2 N–H and O–H groups in total. The van der Waals surface area contributed by atoms with Gasteiger partial charge in [0, 0.05) is 22.1 Å². The van der Waals surface area contributed by atoms with Gasteiger partial charge in [-0.2, -0.15) is 0 Å². The van der Waals surface area contributed by atoms with Crippen LogP contribution in [0.25, 0.3) is 0 Å². The largest absolute Gasteiger partial charge is 0.393 e. The minimum absolute atomic E-state index is 0.0660.